The van der Waals surface area contributed by atoms with Gasteiger partial charge < -0.3 is 10.3 Å². The van der Waals surface area contributed by atoms with Crippen molar-refractivity contribution in [3.8, 4) is 0 Å². The molecule has 1 unspecified atom stereocenters. The van der Waals surface area contributed by atoms with Crippen LogP contribution in [-0.2, 0) is 6.54 Å². The fourth-order valence-corrected chi connectivity index (χ4v) is 2.37. The van der Waals surface area contributed by atoms with Crippen molar-refractivity contribution >= 4 is 11.0 Å². The molecule has 0 aliphatic carbocycles. The Morgan fingerprint density at radius 1 is 1.25 bits per heavy atom. The summed E-state index contributed by atoms with van der Waals surface area (Å²) in [7, 11) is 0. The highest BCUT2D eigenvalue weighted by Gasteiger charge is 2.10. The average Bonchev–Trinajstić information content (AvgIpc) is 2.85. The van der Waals surface area contributed by atoms with E-state index >= 15 is 0 Å². The van der Waals surface area contributed by atoms with Crippen molar-refractivity contribution in [1.29, 1.82) is 0 Å². The van der Waals surface area contributed by atoms with E-state index in [0.29, 0.717) is 12.1 Å². The van der Waals surface area contributed by atoms with Gasteiger partial charge in [-0.15, -0.1) is 0 Å². The van der Waals surface area contributed by atoms with Crippen molar-refractivity contribution < 1.29 is 4.39 Å². The van der Waals surface area contributed by atoms with E-state index in [-0.39, 0.29) is 11.9 Å². The molecular formula is C16H16FN3. The normalized spacial score (nSPS) is 12.8. The number of nitrogens with zero attached hydrogens (tertiary/aromatic N) is 2. The van der Waals surface area contributed by atoms with Crippen LogP contribution in [-0.4, -0.2) is 9.55 Å². The Hall–Kier alpha value is -2.20. The Kier molecular flexibility index (Phi) is 3.24. The summed E-state index contributed by atoms with van der Waals surface area (Å²) in [6, 6.07) is 12.8. The number of aryl methyl sites for hydroxylation is 1. The molecule has 102 valence electrons. The van der Waals surface area contributed by atoms with Gasteiger partial charge in [-0.05, 0) is 36.2 Å². The molecule has 3 aromatic rings. The summed E-state index contributed by atoms with van der Waals surface area (Å²) < 4.78 is 15.3. The first-order chi connectivity index (χ1) is 9.65. The van der Waals surface area contributed by atoms with Gasteiger partial charge in [-0.3, -0.25) is 0 Å². The van der Waals surface area contributed by atoms with Crippen LogP contribution in [0.15, 0.2) is 48.8 Å². The molecule has 0 saturated carbocycles. The van der Waals surface area contributed by atoms with Gasteiger partial charge in [0.25, 0.3) is 0 Å². The molecule has 0 spiro atoms. The summed E-state index contributed by atoms with van der Waals surface area (Å²) >= 11 is 0. The summed E-state index contributed by atoms with van der Waals surface area (Å²) in [6.45, 7) is 2.36. The van der Waals surface area contributed by atoms with Crippen LogP contribution in [0, 0.1) is 12.7 Å². The smallest absolute Gasteiger partial charge is 0.126 e. The highest BCUT2D eigenvalue weighted by Crippen LogP contribution is 2.19. The van der Waals surface area contributed by atoms with E-state index in [4.69, 9.17) is 5.73 Å². The van der Waals surface area contributed by atoms with Crippen molar-refractivity contribution in [3.63, 3.8) is 0 Å². The average molecular weight is 269 g/mol. The van der Waals surface area contributed by atoms with Crippen LogP contribution in [0.5, 0.6) is 0 Å². The number of para-hydroxylation sites is 2. The van der Waals surface area contributed by atoms with Crippen molar-refractivity contribution in [1.82, 2.24) is 9.55 Å². The van der Waals surface area contributed by atoms with E-state index in [0.717, 1.165) is 16.6 Å². The lowest BCUT2D eigenvalue weighted by Gasteiger charge is -2.14. The molecule has 1 atom stereocenters. The molecule has 1 aromatic heterocycles. The molecule has 20 heavy (non-hydrogen) atoms. The highest BCUT2D eigenvalue weighted by atomic mass is 19.1. The molecule has 0 bridgehead atoms. The van der Waals surface area contributed by atoms with E-state index in [2.05, 4.69) is 4.98 Å². The van der Waals surface area contributed by atoms with Gasteiger partial charge in [0.1, 0.15) is 5.82 Å². The van der Waals surface area contributed by atoms with Gasteiger partial charge in [0.2, 0.25) is 0 Å². The highest BCUT2D eigenvalue weighted by molar-refractivity contribution is 5.74. The maximum Gasteiger partial charge on any atom is 0.126 e. The summed E-state index contributed by atoms with van der Waals surface area (Å²) in [6.07, 6.45) is 1.79. The number of fused-ring (bicyclic) bond motifs is 1. The van der Waals surface area contributed by atoms with E-state index in [1.165, 1.54) is 6.07 Å². The Balaban J connectivity index is 1.88. The molecule has 0 amide bonds. The van der Waals surface area contributed by atoms with Crippen molar-refractivity contribution in [2.45, 2.75) is 19.5 Å². The first kappa shape index (κ1) is 12.8. The SMILES string of the molecule is Cc1cc(C(N)Cn2cnc3ccccc32)ccc1F. The molecular weight excluding hydrogens is 253 g/mol. The van der Waals surface area contributed by atoms with E-state index in [9.17, 15) is 4.39 Å². The zero-order chi connectivity index (χ0) is 14.1. The van der Waals surface area contributed by atoms with E-state index in [1.54, 1.807) is 25.4 Å². The van der Waals surface area contributed by atoms with Crippen LogP contribution in [0.25, 0.3) is 11.0 Å². The third-order valence-electron chi connectivity index (χ3n) is 3.53. The minimum absolute atomic E-state index is 0.188. The maximum atomic E-state index is 13.3. The zero-order valence-electron chi connectivity index (χ0n) is 11.3. The van der Waals surface area contributed by atoms with Gasteiger partial charge in [0, 0.05) is 12.6 Å². The fraction of sp³-hybridized carbons (Fsp3) is 0.188. The summed E-state index contributed by atoms with van der Waals surface area (Å²) in [5.41, 5.74) is 9.79. The fourth-order valence-electron chi connectivity index (χ4n) is 2.37. The van der Waals surface area contributed by atoms with Crippen LogP contribution >= 0.6 is 0 Å². The number of benzene rings is 2. The Morgan fingerprint density at radius 3 is 2.85 bits per heavy atom. The Morgan fingerprint density at radius 2 is 2.05 bits per heavy atom. The van der Waals surface area contributed by atoms with Crippen molar-refractivity contribution in [2.75, 3.05) is 0 Å². The zero-order valence-corrected chi connectivity index (χ0v) is 11.3. The largest absolute Gasteiger partial charge is 0.329 e. The predicted octanol–water partition coefficient (Wildman–Crippen LogP) is 3.18. The van der Waals surface area contributed by atoms with Crippen LogP contribution in [0.3, 0.4) is 0 Å². The van der Waals surface area contributed by atoms with Gasteiger partial charge in [0.05, 0.1) is 17.4 Å². The molecule has 0 saturated heterocycles. The van der Waals surface area contributed by atoms with Crippen molar-refractivity contribution in [2.24, 2.45) is 5.73 Å². The second-order valence-corrected chi connectivity index (χ2v) is 5.00. The van der Waals surface area contributed by atoms with Gasteiger partial charge in [0.15, 0.2) is 0 Å². The van der Waals surface area contributed by atoms with Crippen LogP contribution in [0.4, 0.5) is 4.39 Å². The summed E-state index contributed by atoms with van der Waals surface area (Å²) in [5, 5.41) is 0. The molecule has 1 heterocycles. The minimum Gasteiger partial charge on any atom is -0.329 e. The topological polar surface area (TPSA) is 43.8 Å². The third kappa shape index (κ3) is 2.30. The van der Waals surface area contributed by atoms with E-state index in [1.807, 2.05) is 28.8 Å². The van der Waals surface area contributed by atoms with Crippen LogP contribution in [0.1, 0.15) is 17.2 Å². The second-order valence-electron chi connectivity index (χ2n) is 5.00. The minimum atomic E-state index is -0.200. The van der Waals surface area contributed by atoms with Gasteiger partial charge in [-0.25, -0.2) is 9.37 Å². The quantitative estimate of drug-likeness (QED) is 0.793. The van der Waals surface area contributed by atoms with Crippen molar-refractivity contribution in [3.05, 3.63) is 65.7 Å². The predicted molar refractivity (Wildman–Crippen MR) is 77.8 cm³/mol. The monoisotopic (exact) mass is 269 g/mol. The number of hydrogen-bond donors (Lipinski definition) is 1. The summed E-state index contributed by atoms with van der Waals surface area (Å²) in [4.78, 5) is 4.34. The number of rotatable bonds is 3. The summed E-state index contributed by atoms with van der Waals surface area (Å²) in [5.74, 6) is -0.200. The molecule has 0 radical (unpaired) electrons. The lowest BCUT2D eigenvalue weighted by atomic mass is 10.0. The van der Waals surface area contributed by atoms with E-state index < -0.39 is 0 Å². The van der Waals surface area contributed by atoms with Crippen LogP contribution < -0.4 is 5.73 Å². The Labute approximate surface area is 116 Å². The Bertz CT molecular complexity index is 748. The number of hydrogen-bond acceptors (Lipinski definition) is 2. The second kappa shape index (κ2) is 5.06. The maximum absolute atomic E-state index is 13.3. The molecule has 2 aromatic carbocycles. The third-order valence-corrected chi connectivity index (χ3v) is 3.53. The lowest BCUT2D eigenvalue weighted by Crippen LogP contribution is -2.17. The van der Waals surface area contributed by atoms with Crippen LogP contribution in [0.2, 0.25) is 0 Å². The van der Waals surface area contributed by atoms with Gasteiger partial charge in [-0.2, -0.15) is 0 Å². The van der Waals surface area contributed by atoms with Gasteiger partial charge >= 0.3 is 0 Å². The molecule has 0 fully saturated rings. The molecule has 0 aliphatic rings. The lowest BCUT2D eigenvalue weighted by molar-refractivity contribution is 0.581. The molecule has 0 aliphatic heterocycles. The molecule has 3 nitrogen and oxygen atoms in total. The molecule has 4 heteroatoms. The number of halogens is 1. The number of aromatic nitrogens is 2. The number of nitrogens with two attached hydrogens (primary N) is 1. The van der Waals surface area contributed by atoms with Gasteiger partial charge in [-0.1, -0.05) is 24.3 Å². The molecule has 3 rings (SSSR count). The number of imidazole rings is 1. The standard InChI is InChI=1S/C16H16FN3/c1-11-8-12(6-7-13(11)17)14(18)9-20-10-19-15-4-2-3-5-16(15)20/h2-8,10,14H,9,18H2,1H3. The first-order valence-electron chi connectivity index (χ1n) is 6.56. The molecule has 2 N–H and O–H groups in total. The first-order valence-corrected chi connectivity index (χ1v) is 6.56.